The molecule has 0 aromatic rings. The van der Waals surface area contributed by atoms with Crippen LogP contribution in [-0.2, 0) is 4.84 Å². The van der Waals surface area contributed by atoms with Crippen molar-refractivity contribution in [3.8, 4) is 0 Å². The molecule has 0 radical (unpaired) electrons. The van der Waals surface area contributed by atoms with Gasteiger partial charge in [-0.25, -0.2) is 5.48 Å². The third kappa shape index (κ3) is 4.62. The van der Waals surface area contributed by atoms with Crippen LogP contribution in [0.3, 0.4) is 0 Å². The quantitative estimate of drug-likeness (QED) is 0.671. The van der Waals surface area contributed by atoms with Gasteiger partial charge in [-0.15, -0.1) is 12.4 Å². The van der Waals surface area contributed by atoms with Crippen LogP contribution in [0.25, 0.3) is 0 Å². The van der Waals surface area contributed by atoms with Crippen molar-refractivity contribution in [2.45, 2.75) is 32.1 Å². The summed E-state index contributed by atoms with van der Waals surface area (Å²) in [6, 6.07) is 0. The third-order valence-corrected chi connectivity index (χ3v) is 2.19. The van der Waals surface area contributed by atoms with Crippen molar-refractivity contribution in [1.29, 1.82) is 0 Å². The van der Waals surface area contributed by atoms with Crippen LogP contribution in [0.4, 0.5) is 0 Å². The van der Waals surface area contributed by atoms with Crippen LogP contribution in [0.1, 0.15) is 32.1 Å². The largest absolute Gasteiger partial charge is 0.302 e. The molecule has 0 bridgehead atoms. The molecular formula is C8H18ClNO. The van der Waals surface area contributed by atoms with Crippen LogP contribution in [0.5, 0.6) is 0 Å². The first kappa shape index (κ1) is 11.2. The minimum absolute atomic E-state index is 0. The van der Waals surface area contributed by atoms with E-state index >= 15 is 0 Å². The Labute approximate surface area is 75.1 Å². The molecule has 0 unspecified atom stereocenters. The predicted octanol–water partition coefficient (Wildman–Crippen LogP) is 2.14. The Hall–Kier alpha value is 0.210. The zero-order chi connectivity index (χ0) is 7.23. The van der Waals surface area contributed by atoms with Crippen LogP contribution in [-0.4, -0.2) is 13.7 Å². The van der Waals surface area contributed by atoms with Crippen LogP contribution in [0.15, 0.2) is 0 Å². The summed E-state index contributed by atoms with van der Waals surface area (Å²) >= 11 is 0. The van der Waals surface area contributed by atoms with E-state index in [0.717, 1.165) is 12.5 Å². The van der Waals surface area contributed by atoms with Crippen molar-refractivity contribution in [2.24, 2.45) is 5.92 Å². The molecule has 0 spiro atoms. The van der Waals surface area contributed by atoms with Crippen molar-refractivity contribution >= 4 is 12.4 Å². The number of nitrogens with one attached hydrogen (secondary N) is 1. The molecule has 0 aromatic heterocycles. The number of hydrogen-bond acceptors (Lipinski definition) is 2. The summed E-state index contributed by atoms with van der Waals surface area (Å²) in [5, 5.41) is 0. The second-order valence-electron chi connectivity index (χ2n) is 3.02. The van der Waals surface area contributed by atoms with Gasteiger partial charge in [0.2, 0.25) is 0 Å². The molecule has 0 aromatic carbocycles. The lowest BCUT2D eigenvalue weighted by Crippen LogP contribution is -2.18. The fourth-order valence-electron chi connectivity index (χ4n) is 1.55. The van der Waals surface area contributed by atoms with Gasteiger partial charge in [0.25, 0.3) is 0 Å². The second-order valence-corrected chi connectivity index (χ2v) is 3.02. The molecule has 1 saturated carbocycles. The molecule has 1 aliphatic rings. The first-order valence-corrected chi connectivity index (χ1v) is 4.22. The van der Waals surface area contributed by atoms with Gasteiger partial charge in [-0.2, -0.15) is 0 Å². The lowest BCUT2D eigenvalue weighted by molar-refractivity contribution is 0.0228. The van der Waals surface area contributed by atoms with E-state index in [1.165, 1.54) is 32.1 Å². The molecule has 11 heavy (non-hydrogen) atoms. The van der Waals surface area contributed by atoms with Gasteiger partial charge in [-0.05, 0) is 18.8 Å². The van der Waals surface area contributed by atoms with Gasteiger partial charge >= 0.3 is 0 Å². The van der Waals surface area contributed by atoms with Gasteiger partial charge in [-0.1, -0.05) is 19.3 Å². The number of hydrogen-bond donors (Lipinski definition) is 1. The Balaban J connectivity index is 0.000001000. The summed E-state index contributed by atoms with van der Waals surface area (Å²) in [5.74, 6) is 0.821. The average molecular weight is 180 g/mol. The maximum atomic E-state index is 5.12. The summed E-state index contributed by atoms with van der Waals surface area (Å²) in [6.07, 6.45) is 6.95. The number of hydroxylamine groups is 1. The molecule has 0 atom stereocenters. The molecule has 1 rings (SSSR count). The Bertz CT molecular complexity index is 84.2. The average Bonchev–Trinajstić information content (AvgIpc) is 2.03. The van der Waals surface area contributed by atoms with Gasteiger partial charge in [0, 0.05) is 7.05 Å². The lowest BCUT2D eigenvalue weighted by atomic mass is 9.90. The molecule has 0 aliphatic heterocycles. The highest BCUT2D eigenvalue weighted by Gasteiger charge is 2.12. The molecule has 0 heterocycles. The van der Waals surface area contributed by atoms with E-state index in [1.807, 2.05) is 7.05 Å². The van der Waals surface area contributed by atoms with E-state index in [2.05, 4.69) is 5.48 Å². The smallest absolute Gasteiger partial charge is 0.0710 e. The van der Waals surface area contributed by atoms with Gasteiger partial charge in [0.15, 0.2) is 0 Å². The van der Waals surface area contributed by atoms with Crippen LogP contribution in [0.2, 0.25) is 0 Å². The highest BCUT2D eigenvalue weighted by Crippen LogP contribution is 2.23. The summed E-state index contributed by atoms with van der Waals surface area (Å²) in [5.41, 5.74) is 2.71. The van der Waals surface area contributed by atoms with E-state index in [0.29, 0.717) is 0 Å². The summed E-state index contributed by atoms with van der Waals surface area (Å²) in [6.45, 7) is 0.899. The van der Waals surface area contributed by atoms with Crippen molar-refractivity contribution in [3.63, 3.8) is 0 Å². The topological polar surface area (TPSA) is 21.3 Å². The molecule has 1 fully saturated rings. The number of halogens is 1. The van der Waals surface area contributed by atoms with Gasteiger partial charge in [0.05, 0.1) is 6.61 Å². The fourth-order valence-corrected chi connectivity index (χ4v) is 1.55. The number of rotatable bonds is 3. The highest BCUT2D eigenvalue weighted by molar-refractivity contribution is 5.85. The fraction of sp³-hybridized carbons (Fsp3) is 1.00. The zero-order valence-corrected chi connectivity index (χ0v) is 7.95. The Morgan fingerprint density at radius 1 is 1.27 bits per heavy atom. The maximum absolute atomic E-state index is 5.12. The first-order chi connectivity index (χ1) is 4.93. The second kappa shape index (κ2) is 6.89. The predicted molar refractivity (Wildman–Crippen MR) is 48.8 cm³/mol. The Kier molecular flexibility index (Phi) is 7.02. The highest BCUT2D eigenvalue weighted by atomic mass is 35.5. The van der Waals surface area contributed by atoms with E-state index in [9.17, 15) is 0 Å². The molecule has 0 amide bonds. The normalized spacial score (nSPS) is 19.4. The SMILES string of the molecule is CNOCC1CCCCC1.Cl. The van der Waals surface area contributed by atoms with Crippen molar-refractivity contribution < 1.29 is 4.84 Å². The molecule has 68 valence electrons. The standard InChI is InChI=1S/C8H17NO.ClH/c1-9-10-7-8-5-3-2-4-6-8;/h8-9H,2-7H2,1H3;1H. The maximum Gasteiger partial charge on any atom is 0.0710 e. The van der Waals surface area contributed by atoms with E-state index < -0.39 is 0 Å². The minimum Gasteiger partial charge on any atom is -0.302 e. The molecule has 1 N–H and O–H groups in total. The van der Waals surface area contributed by atoms with Crippen LogP contribution < -0.4 is 5.48 Å². The van der Waals surface area contributed by atoms with E-state index in [-0.39, 0.29) is 12.4 Å². The van der Waals surface area contributed by atoms with Crippen molar-refractivity contribution in [1.82, 2.24) is 5.48 Å². The molecule has 2 nitrogen and oxygen atoms in total. The van der Waals surface area contributed by atoms with E-state index in [4.69, 9.17) is 4.84 Å². The monoisotopic (exact) mass is 179 g/mol. The molecular weight excluding hydrogens is 162 g/mol. The minimum atomic E-state index is 0. The summed E-state index contributed by atoms with van der Waals surface area (Å²) in [7, 11) is 1.82. The van der Waals surface area contributed by atoms with Gasteiger partial charge in [-0.3, -0.25) is 0 Å². The van der Waals surface area contributed by atoms with Crippen molar-refractivity contribution in [3.05, 3.63) is 0 Å². The van der Waals surface area contributed by atoms with Crippen LogP contribution >= 0.6 is 12.4 Å². The van der Waals surface area contributed by atoms with Crippen molar-refractivity contribution in [2.75, 3.05) is 13.7 Å². The molecule has 1 aliphatic carbocycles. The summed E-state index contributed by atoms with van der Waals surface area (Å²) in [4.78, 5) is 5.12. The first-order valence-electron chi connectivity index (χ1n) is 4.22. The lowest BCUT2D eigenvalue weighted by Gasteiger charge is -2.20. The molecule has 0 saturated heterocycles. The Morgan fingerprint density at radius 3 is 2.45 bits per heavy atom. The van der Waals surface area contributed by atoms with E-state index in [1.54, 1.807) is 0 Å². The third-order valence-electron chi connectivity index (χ3n) is 2.19. The zero-order valence-electron chi connectivity index (χ0n) is 7.14. The van der Waals surface area contributed by atoms with Gasteiger partial charge < -0.3 is 4.84 Å². The van der Waals surface area contributed by atoms with Crippen LogP contribution in [0, 0.1) is 5.92 Å². The Morgan fingerprint density at radius 2 is 1.91 bits per heavy atom. The summed E-state index contributed by atoms with van der Waals surface area (Å²) < 4.78 is 0. The molecule has 3 heteroatoms. The van der Waals surface area contributed by atoms with Gasteiger partial charge in [0.1, 0.15) is 0 Å².